The topological polar surface area (TPSA) is 113 Å². The fourth-order valence-corrected chi connectivity index (χ4v) is 4.42. The highest BCUT2D eigenvalue weighted by Crippen LogP contribution is 2.34. The van der Waals surface area contributed by atoms with Crippen LogP contribution in [0, 0.1) is 29.9 Å². The van der Waals surface area contributed by atoms with Crippen molar-refractivity contribution < 1.29 is 18.6 Å². The first-order chi connectivity index (χ1) is 18.0. The van der Waals surface area contributed by atoms with Crippen molar-refractivity contribution in [3.8, 4) is 17.7 Å². The smallest absolute Gasteiger partial charge is 0.242 e. The van der Waals surface area contributed by atoms with Gasteiger partial charge in [0.15, 0.2) is 28.8 Å². The summed E-state index contributed by atoms with van der Waals surface area (Å²) in [5.74, 6) is -1.83. The molecule has 37 heavy (non-hydrogen) atoms. The first-order valence-corrected chi connectivity index (χ1v) is 11.8. The van der Waals surface area contributed by atoms with Crippen molar-refractivity contribution in [3.63, 3.8) is 0 Å². The lowest BCUT2D eigenvalue weighted by atomic mass is 10.2. The molecule has 4 aromatic rings. The van der Waals surface area contributed by atoms with E-state index in [1.165, 1.54) is 12.4 Å². The summed E-state index contributed by atoms with van der Waals surface area (Å²) in [6, 6.07) is 12.1. The van der Waals surface area contributed by atoms with E-state index in [0.717, 1.165) is 37.9 Å². The molecule has 0 radical (unpaired) electrons. The molecule has 0 saturated carbocycles. The summed E-state index contributed by atoms with van der Waals surface area (Å²) in [6.07, 6.45) is 1.19. The fourth-order valence-electron chi connectivity index (χ4n) is 4.42. The Morgan fingerprint density at radius 2 is 1.89 bits per heavy atom. The standard InChI is InChI=1S/C26H25F2N7O2/c1-16-12-19-23(28)22(13-21(27)24(19)32-16)37-26-20(14-29)25(30-15-31-26)33-17-2-4-18(5-3-17)35-8-6-34(7-9-35)10-11-36/h2-5,12-13,15,32,36H,6-11H2,1H3,(H,30,31,33). The molecule has 5 rings (SSSR count). The number of aliphatic hydroxyl groups is 1. The van der Waals surface area contributed by atoms with Crippen LogP contribution in [0.5, 0.6) is 11.6 Å². The molecule has 3 heterocycles. The van der Waals surface area contributed by atoms with Gasteiger partial charge in [-0.1, -0.05) is 0 Å². The Bertz CT molecular complexity index is 1460. The van der Waals surface area contributed by atoms with E-state index in [0.29, 0.717) is 17.9 Å². The van der Waals surface area contributed by atoms with Crippen LogP contribution in [-0.2, 0) is 0 Å². The zero-order valence-electron chi connectivity index (χ0n) is 20.1. The van der Waals surface area contributed by atoms with E-state index in [1.807, 2.05) is 30.3 Å². The fraction of sp³-hybridized carbons (Fsp3) is 0.269. The van der Waals surface area contributed by atoms with Crippen LogP contribution in [0.3, 0.4) is 0 Å². The lowest BCUT2D eigenvalue weighted by molar-refractivity contribution is 0.189. The van der Waals surface area contributed by atoms with Gasteiger partial charge in [-0.2, -0.15) is 5.26 Å². The van der Waals surface area contributed by atoms with Gasteiger partial charge in [0, 0.05) is 61.2 Å². The van der Waals surface area contributed by atoms with E-state index in [9.17, 15) is 9.65 Å². The van der Waals surface area contributed by atoms with E-state index in [-0.39, 0.29) is 40.5 Å². The molecule has 0 unspecified atom stereocenters. The highest BCUT2D eigenvalue weighted by Gasteiger charge is 2.20. The maximum atomic E-state index is 15.0. The maximum absolute atomic E-state index is 15.0. The number of halogens is 2. The van der Waals surface area contributed by atoms with Crippen LogP contribution in [0.25, 0.3) is 10.9 Å². The van der Waals surface area contributed by atoms with Gasteiger partial charge in [-0.25, -0.2) is 18.7 Å². The predicted octanol–water partition coefficient (Wildman–Crippen LogP) is 4.07. The number of rotatable bonds is 7. The van der Waals surface area contributed by atoms with Crippen molar-refractivity contribution >= 4 is 28.1 Å². The molecule has 2 aromatic carbocycles. The molecule has 0 atom stereocenters. The number of anilines is 3. The van der Waals surface area contributed by atoms with Crippen molar-refractivity contribution in [2.24, 2.45) is 0 Å². The molecule has 0 bridgehead atoms. The molecule has 1 fully saturated rings. The van der Waals surface area contributed by atoms with Crippen molar-refractivity contribution in [3.05, 3.63) is 65.6 Å². The quantitative estimate of drug-likeness (QED) is 0.345. The summed E-state index contributed by atoms with van der Waals surface area (Å²) in [5, 5.41) is 22.0. The maximum Gasteiger partial charge on any atom is 0.242 e. The largest absolute Gasteiger partial charge is 0.434 e. The predicted molar refractivity (Wildman–Crippen MR) is 135 cm³/mol. The number of benzene rings is 2. The molecule has 0 aliphatic carbocycles. The Labute approximate surface area is 211 Å². The third-order valence-electron chi connectivity index (χ3n) is 6.32. The molecule has 1 aliphatic rings. The van der Waals surface area contributed by atoms with Gasteiger partial charge < -0.3 is 25.0 Å². The second-order valence-corrected chi connectivity index (χ2v) is 8.75. The average molecular weight is 506 g/mol. The number of aromatic amines is 1. The zero-order valence-corrected chi connectivity index (χ0v) is 20.1. The van der Waals surface area contributed by atoms with E-state index >= 15 is 4.39 Å². The van der Waals surface area contributed by atoms with Crippen molar-refractivity contribution in [1.82, 2.24) is 19.9 Å². The number of aliphatic hydroxyl groups excluding tert-OH is 1. The van der Waals surface area contributed by atoms with Crippen molar-refractivity contribution in [2.75, 3.05) is 49.5 Å². The minimum Gasteiger partial charge on any atom is -0.434 e. The number of H-pyrrole nitrogens is 1. The molecule has 9 nitrogen and oxygen atoms in total. The number of aromatic nitrogens is 3. The Balaban J connectivity index is 1.34. The first-order valence-electron chi connectivity index (χ1n) is 11.8. The molecular weight excluding hydrogens is 480 g/mol. The highest BCUT2D eigenvalue weighted by molar-refractivity contribution is 5.83. The van der Waals surface area contributed by atoms with E-state index in [2.05, 4.69) is 30.1 Å². The van der Waals surface area contributed by atoms with Crippen LogP contribution >= 0.6 is 0 Å². The number of hydrogen-bond donors (Lipinski definition) is 3. The van der Waals surface area contributed by atoms with E-state index < -0.39 is 11.6 Å². The number of fused-ring (bicyclic) bond motifs is 1. The molecule has 3 N–H and O–H groups in total. The molecule has 0 amide bonds. The molecular formula is C26H25F2N7O2. The summed E-state index contributed by atoms with van der Waals surface area (Å²) in [5.41, 5.74) is 2.35. The van der Waals surface area contributed by atoms with Crippen molar-refractivity contribution in [1.29, 1.82) is 5.26 Å². The Morgan fingerprint density at radius 3 is 2.59 bits per heavy atom. The van der Waals surface area contributed by atoms with Crippen LogP contribution in [0.2, 0.25) is 0 Å². The number of β-amino-alcohol motifs (C(OH)–C–C–N with tert-alkyl or cyclic N) is 1. The van der Waals surface area contributed by atoms with Crippen LogP contribution in [0.4, 0.5) is 26.0 Å². The zero-order chi connectivity index (χ0) is 25.9. The number of nitrogens with one attached hydrogen (secondary N) is 2. The highest BCUT2D eigenvalue weighted by atomic mass is 19.1. The third kappa shape index (κ3) is 5.02. The lowest BCUT2D eigenvalue weighted by Crippen LogP contribution is -2.47. The van der Waals surface area contributed by atoms with Crippen LogP contribution < -0.4 is 15.0 Å². The molecule has 0 spiro atoms. The van der Waals surface area contributed by atoms with Gasteiger partial charge in [0.2, 0.25) is 5.88 Å². The molecule has 2 aromatic heterocycles. The number of ether oxygens (including phenoxy) is 1. The number of aryl methyl sites for hydroxylation is 1. The number of nitriles is 1. The Kier molecular flexibility index (Phi) is 6.85. The minimum atomic E-state index is -0.759. The minimum absolute atomic E-state index is 0.0447. The van der Waals surface area contributed by atoms with Crippen LogP contribution in [-0.4, -0.2) is 64.3 Å². The van der Waals surface area contributed by atoms with Gasteiger partial charge in [-0.05, 0) is 37.3 Å². The summed E-state index contributed by atoms with van der Waals surface area (Å²) < 4.78 is 35.1. The normalized spacial score (nSPS) is 14.1. The average Bonchev–Trinajstić information content (AvgIpc) is 3.31. The number of nitrogens with zero attached hydrogens (tertiary/aromatic N) is 5. The van der Waals surface area contributed by atoms with Gasteiger partial charge in [-0.15, -0.1) is 0 Å². The number of piperazine rings is 1. The second-order valence-electron chi connectivity index (χ2n) is 8.75. The van der Waals surface area contributed by atoms with Gasteiger partial charge in [0.1, 0.15) is 12.4 Å². The molecule has 190 valence electrons. The van der Waals surface area contributed by atoms with Gasteiger partial charge in [0.05, 0.1) is 12.1 Å². The lowest BCUT2D eigenvalue weighted by Gasteiger charge is -2.35. The second kappa shape index (κ2) is 10.4. The monoisotopic (exact) mass is 505 g/mol. The van der Waals surface area contributed by atoms with Crippen molar-refractivity contribution in [2.45, 2.75) is 6.92 Å². The third-order valence-corrected chi connectivity index (χ3v) is 6.32. The van der Waals surface area contributed by atoms with Gasteiger partial charge in [0.25, 0.3) is 0 Å². The van der Waals surface area contributed by atoms with E-state index in [1.54, 1.807) is 6.92 Å². The first kappa shape index (κ1) is 24.4. The Morgan fingerprint density at radius 1 is 1.14 bits per heavy atom. The van der Waals surface area contributed by atoms with E-state index in [4.69, 9.17) is 9.84 Å². The molecule has 1 saturated heterocycles. The summed E-state index contributed by atoms with van der Waals surface area (Å²) in [6.45, 7) is 6.04. The summed E-state index contributed by atoms with van der Waals surface area (Å²) in [7, 11) is 0. The van der Waals surface area contributed by atoms with Crippen LogP contribution in [0.15, 0.2) is 42.7 Å². The van der Waals surface area contributed by atoms with Crippen LogP contribution in [0.1, 0.15) is 11.3 Å². The number of hydrogen-bond acceptors (Lipinski definition) is 8. The molecule has 1 aliphatic heterocycles. The van der Waals surface area contributed by atoms with Gasteiger partial charge in [-0.3, -0.25) is 4.90 Å². The summed E-state index contributed by atoms with van der Waals surface area (Å²) >= 11 is 0. The Hall–Kier alpha value is -4.27. The molecule has 11 heteroatoms. The summed E-state index contributed by atoms with van der Waals surface area (Å²) in [4.78, 5) is 15.4. The SMILES string of the molecule is Cc1cc2c(F)c(Oc3ncnc(Nc4ccc(N5CCN(CCO)CC5)cc4)c3C#N)cc(F)c2[nH]1. The van der Waals surface area contributed by atoms with Gasteiger partial charge >= 0.3 is 0 Å².